The van der Waals surface area contributed by atoms with Crippen LogP contribution in [0.3, 0.4) is 0 Å². The number of carbonyl (C=O) groups is 1. The minimum atomic E-state index is -0.996. The van der Waals surface area contributed by atoms with E-state index in [0.29, 0.717) is 23.3 Å². The van der Waals surface area contributed by atoms with E-state index in [-0.39, 0.29) is 35.8 Å². The zero-order chi connectivity index (χ0) is 27.5. The third-order valence-corrected chi connectivity index (χ3v) is 12.3. The van der Waals surface area contributed by atoms with E-state index in [1.54, 1.807) is 4.90 Å². The molecule has 0 unspecified atom stereocenters. The number of hydrogen-bond acceptors (Lipinski definition) is 4. The number of likely N-dealkylation sites (N-methyl/N-ethyl adjacent to an activating group) is 1. The third kappa shape index (κ3) is 4.36. The molecule has 5 heteroatoms. The average molecular weight is 515 g/mol. The van der Waals surface area contributed by atoms with Gasteiger partial charge in [-0.15, -0.1) is 0 Å². The van der Waals surface area contributed by atoms with Crippen molar-refractivity contribution in [3.63, 3.8) is 0 Å². The van der Waals surface area contributed by atoms with Crippen LogP contribution in [0.5, 0.6) is 0 Å². The molecule has 0 aromatic heterocycles. The normalized spacial score (nSPS) is 41.2. The van der Waals surface area contributed by atoms with Crippen LogP contribution in [0.25, 0.3) is 0 Å². The van der Waals surface area contributed by atoms with Crippen molar-refractivity contribution in [1.82, 2.24) is 9.80 Å². The van der Waals surface area contributed by atoms with Crippen LogP contribution in [-0.2, 0) is 4.79 Å². The first kappa shape index (κ1) is 28.8. The van der Waals surface area contributed by atoms with Gasteiger partial charge in [-0.05, 0) is 106 Å². The lowest BCUT2D eigenvalue weighted by Crippen LogP contribution is -2.57. The summed E-state index contributed by atoms with van der Waals surface area (Å²) >= 11 is 0. The predicted octanol–water partition coefficient (Wildman–Crippen LogP) is 5.28. The van der Waals surface area contributed by atoms with Crippen LogP contribution in [0.2, 0.25) is 0 Å². The second-order valence-corrected chi connectivity index (χ2v) is 14.4. The number of allylic oxidation sites excluding steroid dienone is 4. The largest absolute Gasteiger partial charge is 0.396 e. The van der Waals surface area contributed by atoms with Crippen molar-refractivity contribution in [1.29, 1.82) is 0 Å². The molecule has 0 bridgehead atoms. The number of aliphatic hydroxyl groups is 2. The van der Waals surface area contributed by atoms with E-state index >= 15 is 0 Å². The summed E-state index contributed by atoms with van der Waals surface area (Å²) in [6, 6.07) is 0.494. The summed E-state index contributed by atoms with van der Waals surface area (Å²) in [4.78, 5) is 17.3. The summed E-state index contributed by atoms with van der Waals surface area (Å²) in [7, 11) is 6.28. The Kier molecular flexibility index (Phi) is 7.87. The molecule has 210 valence electrons. The number of amides is 1. The Bertz CT molecular complexity index is 940. The highest BCUT2D eigenvalue weighted by molar-refractivity contribution is 5.81. The van der Waals surface area contributed by atoms with Gasteiger partial charge in [0.1, 0.15) is 6.10 Å². The smallest absolute Gasteiger partial charge is 0.251 e. The number of fused-ring (bicyclic) bond motifs is 4. The number of carbonyl (C=O) groups excluding carboxylic acids is 1. The van der Waals surface area contributed by atoms with Crippen molar-refractivity contribution in [2.24, 2.45) is 39.9 Å². The lowest BCUT2D eigenvalue weighted by molar-refractivity contribution is -0.149. The Hall–Kier alpha value is -1.17. The molecule has 0 saturated heterocycles. The maximum atomic E-state index is 13.1. The van der Waals surface area contributed by atoms with E-state index in [9.17, 15) is 15.0 Å². The van der Waals surface area contributed by atoms with Gasteiger partial charge in [0.2, 0.25) is 0 Å². The molecule has 37 heavy (non-hydrogen) atoms. The van der Waals surface area contributed by atoms with Crippen LogP contribution in [0.1, 0.15) is 86.5 Å². The summed E-state index contributed by atoms with van der Waals surface area (Å²) in [5.41, 5.74) is 3.16. The number of rotatable bonds is 6. The van der Waals surface area contributed by atoms with Crippen LogP contribution in [0.15, 0.2) is 23.3 Å². The van der Waals surface area contributed by atoms with Crippen LogP contribution in [0, 0.1) is 39.9 Å². The fourth-order valence-corrected chi connectivity index (χ4v) is 9.26. The van der Waals surface area contributed by atoms with Crippen LogP contribution in [0.4, 0.5) is 0 Å². The van der Waals surface area contributed by atoms with Crippen molar-refractivity contribution in [2.45, 2.75) is 105 Å². The molecule has 5 nitrogen and oxygen atoms in total. The molecule has 0 heterocycles. The van der Waals surface area contributed by atoms with E-state index in [4.69, 9.17) is 0 Å². The Morgan fingerprint density at radius 2 is 1.68 bits per heavy atom. The maximum Gasteiger partial charge on any atom is 0.251 e. The SMILES string of the molecule is CC(C)[C@H](O)C(=O)N(C)[C@H]1CCC2=CC3=CC[C@]4(C)[C@@H]([C@H](C)N(C)C)CC[C@@]4(C)[C@@H]3CC[C@H]2[C@]1(C)CO. The summed E-state index contributed by atoms with van der Waals surface area (Å²) in [6.07, 6.45) is 11.8. The van der Waals surface area contributed by atoms with Crippen molar-refractivity contribution >= 4 is 5.91 Å². The van der Waals surface area contributed by atoms with Gasteiger partial charge in [-0.25, -0.2) is 0 Å². The average Bonchev–Trinajstić information content (AvgIpc) is 3.00. The standard InChI is InChI=1S/C32H54N2O3/c1-20(2)28(36)29(37)34(9)27-13-10-22-18-23-14-16-31(5)24(21(3)33(7)8)15-17-32(31,6)26(23)12-11-25(22)30(27,4)19-35/h14,18,20-21,24-28,35-36H,10-13,15-17,19H2,1-9H3/t21-,24+,25+,26+,27-,28-,30-,31+,32-/m0/s1. The molecule has 9 atom stereocenters. The first-order valence-electron chi connectivity index (χ1n) is 14.9. The Labute approximate surface area is 226 Å². The van der Waals surface area contributed by atoms with Crippen molar-refractivity contribution in [3.05, 3.63) is 23.3 Å². The van der Waals surface area contributed by atoms with Gasteiger partial charge in [-0.1, -0.05) is 52.3 Å². The molecule has 0 radical (unpaired) electrons. The van der Waals surface area contributed by atoms with Crippen LogP contribution < -0.4 is 0 Å². The van der Waals surface area contributed by atoms with E-state index in [2.05, 4.69) is 58.8 Å². The number of hydrogen-bond donors (Lipinski definition) is 2. The summed E-state index contributed by atoms with van der Waals surface area (Å²) < 4.78 is 0. The number of nitrogens with zero attached hydrogens (tertiary/aromatic N) is 2. The molecule has 1 amide bonds. The highest BCUT2D eigenvalue weighted by Gasteiger charge is 2.61. The monoisotopic (exact) mass is 514 g/mol. The minimum Gasteiger partial charge on any atom is -0.396 e. The molecule has 4 aliphatic carbocycles. The Balaban J connectivity index is 1.64. The number of aliphatic hydroxyl groups excluding tert-OH is 2. The summed E-state index contributed by atoms with van der Waals surface area (Å²) in [5, 5.41) is 21.3. The lowest BCUT2D eigenvalue weighted by atomic mass is 9.51. The second kappa shape index (κ2) is 10.1. The maximum absolute atomic E-state index is 13.1. The molecule has 0 aliphatic heterocycles. The van der Waals surface area contributed by atoms with Gasteiger partial charge in [0.05, 0.1) is 6.61 Å². The molecular formula is C32H54N2O3. The third-order valence-electron chi connectivity index (χ3n) is 12.3. The highest BCUT2D eigenvalue weighted by Crippen LogP contribution is 2.68. The first-order chi connectivity index (χ1) is 17.2. The van der Waals surface area contributed by atoms with Gasteiger partial charge in [0.25, 0.3) is 5.91 Å². The van der Waals surface area contributed by atoms with Gasteiger partial charge in [-0.3, -0.25) is 4.79 Å². The fraction of sp³-hybridized carbons (Fsp3) is 0.844. The molecule has 2 fully saturated rings. The fourth-order valence-electron chi connectivity index (χ4n) is 9.26. The van der Waals surface area contributed by atoms with Gasteiger partial charge in [-0.2, -0.15) is 0 Å². The second-order valence-electron chi connectivity index (χ2n) is 14.4. The molecule has 4 rings (SSSR count). The van der Waals surface area contributed by atoms with Gasteiger partial charge in [0.15, 0.2) is 0 Å². The quantitative estimate of drug-likeness (QED) is 0.506. The van der Waals surface area contributed by atoms with Crippen molar-refractivity contribution < 1.29 is 15.0 Å². The molecule has 0 aromatic carbocycles. The molecule has 0 aromatic rings. The van der Waals surface area contributed by atoms with Gasteiger partial charge in [0, 0.05) is 24.5 Å². The molecular weight excluding hydrogens is 460 g/mol. The van der Waals surface area contributed by atoms with E-state index < -0.39 is 11.5 Å². The molecule has 2 N–H and O–H groups in total. The molecule has 4 aliphatic rings. The van der Waals surface area contributed by atoms with Gasteiger partial charge >= 0.3 is 0 Å². The summed E-state index contributed by atoms with van der Waals surface area (Å²) in [5.74, 6) is 1.16. The van der Waals surface area contributed by atoms with E-state index in [1.807, 2.05) is 20.9 Å². The lowest BCUT2D eigenvalue weighted by Gasteiger charge is -2.54. The Morgan fingerprint density at radius 3 is 2.27 bits per heavy atom. The van der Waals surface area contributed by atoms with Crippen molar-refractivity contribution in [3.8, 4) is 0 Å². The van der Waals surface area contributed by atoms with Crippen LogP contribution >= 0.6 is 0 Å². The minimum absolute atomic E-state index is 0.0518. The first-order valence-corrected chi connectivity index (χ1v) is 14.9. The zero-order valence-corrected chi connectivity index (χ0v) is 25.1. The topological polar surface area (TPSA) is 64.0 Å². The highest BCUT2D eigenvalue weighted by atomic mass is 16.3. The molecule has 0 spiro atoms. The van der Waals surface area contributed by atoms with Crippen molar-refractivity contribution in [2.75, 3.05) is 27.7 Å². The summed E-state index contributed by atoms with van der Waals surface area (Å²) in [6.45, 7) is 13.5. The molecule has 2 saturated carbocycles. The Morgan fingerprint density at radius 1 is 1.03 bits per heavy atom. The zero-order valence-electron chi connectivity index (χ0n) is 25.1. The van der Waals surface area contributed by atoms with E-state index in [1.165, 1.54) is 24.0 Å². The van der Waals surface area contributed by atoms with Crippen LogP contribution in [-0.4, -0.2) is 71.9 Å². The predicted molar refractivity (Wildman–Crippen MR) is 151 cm³/mol. The van der Waals surface area contributed by atoms with Gasteiger partial charge < -0.3 is 20.0 Å². The van der Waals surface area contributed by atoms with E-state index in [0.717, 1.165) is 32.1 Å².